The van der Waals surface area contributed by atoms with E-state index in [2.05, 4.69) is 4.90 Å². The summed E-state index contributed by atoms with van der Waals surface area (Å²) in [6.07, 6.45) is 1.89. The van der Waals surface area contributed by atoms with Gasteiger partial charge >= 0.3 is 5.69 Å². The molecule has 154 valence electrons. The summed E-state index contributed by atoms with van der Waals surface area (Å²) >= 11 is 0. The molecule has 3 aromatic rings. The van der Waals surface area contributed by atoms with Crippen LogP contribution in [-0.4, -0.2) is 49.5 Å². The maximum Gasteiger partial charge on any atom is 0.332 e. The van der Waals surface area contributed by atoms with Gasteiger partial charge in [-0.15, -0.1) is 0 Å². The van der Waals surface area contributed by atoms with Gasteiger partial charge in [0.2, 0.25) is 5.95 Å². The molecule has 29 heavy (non-hydrogen) atoms. The molecule has 2 aromatic heterocycles. The first-order valence-corrected chi connectivity index (χ1v) is 9.86. The number of fused-ring (bicyclic) bond motifs is 1. The molecule has 0 saturated carbocycles. The van der Waals surface area contributed by atoms with E-state index in [0.29, 0.717) is 30.2 Å². The van der Waals surface area contributed by atoms with Gasteiger partial charge in [-0.3, -0.25) is 18.5 Å². The predicted octanol–water partition coefficient (Wildman–Crippen LogP) is -0.135. The van der Waals surface area contributed by atoms with E-state index in [1.807, 2.05) is 34.9 Å². The van der Waals surface area contributed by atoms with Crippen molar-refractivity contribution in [2.75, 3.05) is 24.6 Å². The quantitative estimate of drug-likeness (QED) is 0.619. The van der Waals surface area contributed by atoms with E-state index in [0.717, 1.165) is 29.5 Å². The van der Waals surface area contributed by atoms with Gasteiger partial charge in [0.05, 0.1) is 19.7 Å². The molecule has 1 saturated heterocycles. The highest BCUT2D eigenvalue weighted by atomic mass is 16.3. The molecule has 9 heteroatoms. The molecule has 3 N–H and O–H groups in total. The van der Waals surface area contributed by atoms with Crippen molar-refractivity contribution in [3.8, 4) is 0 Å². The van der Waals surface area contributed by atoms with Crippen LogP contribution in [0.5, 0.6) is 0 Å². The average molecular weight is 398 g/mol. The molecule has 9 nitrogen and oxygen atoms in total. The number of aromatic nitrogens is 4. The number of hydrogen-bond acceptors (Lipinski definition) is 6. The highest BCUT2D eigenvalue weighted by molar-refractivity contribution is 5.75. The van der Waals surface area contributed by atoms with Gasteiger partial charge in [0.15, 0.2) is 11.2 Å². The third kappa shape index (κ3) is 3.47. The summed E-state index contributed by atoms with van der Waals surface area (Å²) in [6, 6.07) is 9.86. The van der Waals surface area contributed by atoms with Gasteiger partial charge < -0.3 is 15.7 Å². The molecule has 4 rings (SSSR count). The van der Waals surface area contributed by atoms with Crippen molar-refractivity contribution in [3.05, 3.63) is 56.7 Å². The minimum absolute atomic E-state index is 0.0382. The lowest BCUT2D eigenvalue weighted by molar-refractivity contribution is 0.274. The van der Waals surface area contributed by atoms with Crippen molar-refractivity contribution in [1.82, 2.24) is 18.7 Å². The third-order valence-electron chi connectivity index (χ3n) is 5.46. The number of aliphatic hydroxyl groups is 1. The maximum atomic E-state index is 13.1. The highest BCUT2D eigenvalue weighted by Gasteiger charge is 2.26. The van der Waals surface area contributed by atoms with Crippen LogP contribution in [0.1, 0.15) is 18.4 Å². The molecule has 0 bridgehead atoms. The molecule has 0 radical (unpaired) electrons. The van der Waals surface area contributed by atoms with Crippen LogP contribution in [0.25, 0.3) is 11.2 Å². The Morgan fingerprint density at radius 1 is 1.21 bits per heavy atom. The smallest absolute Gasteiger partial charge is 0.332 e. The standard InChI is InChI=1S/C20H26N6O3/c1-23-18(28)16-17(25(10-11-27)20(23)29)22-19(24-9-5-8-15(21)13-24)26(16)12-14-6-3-2-4-7-14/h2-4,6-7,15,27H,5,8-13,21H2,1H3/t15-/m0/s1. The van der Waals surface area contributed by atoms with Crippen LogP contribution in [0, 0.1) is 0 Å². The second-order valence-corrected chi connectivity index (χ2v) is 7.53. The minimum atomic E-state index is -0.484. The number of nitrogens with zero attached hydrogens (tertiary/aromatic N) is 5. The number of rotatable bonds is 5. The second-order valence-electron chi connectivity index (χ2n) is 7.53. The van der Waals surface area contributed by atoms with Gasteiger partial charge in [0.1, 0.15) is 0 Å². The molecular weight excluding hydrogens is 372 g/mol. The number of anilines is 1. The largest absolute Gasteiger partial charge is 0.395 e. The Morgan fingerprint density at radius 3 is 2.66 bits per heavy atom. The molecule has 1 atom stereocenters. The molecule has 1 aliphatic rings. The number of imidazole rings is 1. The zero-order chi connectivity index (χ0) is 20.5. The lowest BCUT2D eigenvalue weighted by Gasteiger charge is -2.31. The second kappa shape index (κ2) is 7.84. The lowest BCUT2D eigenvalue weighted by Crippen LogP contribution is -2.44. The highest BCUT2D eigenvalue weighted by Crippen LogP contribution is 2.24. The first kappa shape index (κ1) is 19.4. The van der Waals surface area contributed by atoms with Crippen LogP contribution in [0.4, 0.5) is 5.95 Å². The molecular formula is C20H26N6O3. The summed E-state index contributed by atoms with van der Waals surface area (Å²) in [5, 5.41) is 9.45. The van der Waals surface area contributed by atoms with Gasteiger partial charge in [0, 0.05) is 26.2 Å². The number of benzene rings is 1. The number of piperidine rings is 1. The molecule has 1 fully saturated rings. The monoisotopic (exact) mass is 398 g/mol. The van der Waals surface area contributed by atoms with Crippen molar-refractivity contribution >= 4 is 17.1 Å². The Morgan fingerprint density at radius 2 is 1.97 bits per heavy atom. The summed E-state index contributed by atoms with van der Waals surface area (Å²) in [7, 11) is 1.45. The summed E-state index contributed by atoms with van der Waals surface area (Å²) in [5.74, 6) is 0.633. The Labute approximate surface area is 167 Å². The SMILES string of the molecule is Cn1c(=O)c2c(nc(N3CCC[C@H](N)C3)n2Cc2ccccc2)n(CCO)c1=O. The van der Waals surface area contributed by atoms with E-state index in [1.165, 1.54) is 11.6 Å². The van der Waals surface area contributed by atoms with E-state index < -0.39 is 11.2 Å². The van der Waals surface area contributed by atoms with Gasteiger partial charge in [0.25, 0.3) is 5.56 Å². The summed E-state index contributed by atoms with van der Waals surface area (Å²) < 4.78 is 4.32. The Bertz CT molecular complexity index is 1130. The van der Waals surface area contributed by atoms with Crippen LogP contribution in [0.15, 0.2) is 39.9 Å². The summed E-state index contributed by atoms with van der Waals surface area (Å²) in [6.45, 7) is 1.73. The Hall–Kier alpha value is -2.91. The fourth-order valence-electron chi connectivity index (χ4n) is 4.00. The number of aliphatic hydroxyl groups excluding tert-OH is 1. The van der Waals surface area contributed by atoms with Crippen molar-refractivity contribution in [1.29, 1.82) is 0 Å². The molecule has 3 heterocycles. The topological polar surface area (TPSA) is 111 Å². The van der Waals surface area contributed by atoms with Gasteiger partial charge in [-0.2, -0.15) is 4.98 Å². The van der Waals surface area contributed by atoms with E-state index in [-0.39, 0.29) is 19.2 Å². The van der Waals surface area contributed by atoms with Crippen LogP contribution < -0.4 is 21.9 Å². The normalized spacial score (nSPS) is 17.2. The van der Waals surface area contributed by atoms with Gasteiger partial charge in [-0.1, -0.05) is 30.3 Å². The van der Waals surface area contributed by atoms with Crippen LogP contribution >= 0.6 is 0 Å². The van der Waals surface area contributed by atoms with E-state index >= 15 is 0 Å². The molecule has 0 spiro atoms. The van der Waals surface area contributed by atoms with Crippen molar-refractivity contribution < 1.29 is 5.11 Å². The van der Waals surface area contributed by atoms with Gasteiger partial charge in [-0.05, 0) is 18.4 Å². The Kier molecular flexibility index (Phi) is 5.25. The van der Waals surface area contributed by atoms with Crippen molar-refractivity contribution in [2.24, 2.45) is 12.8 Å². The number of hydrogen-bond donors (Lipinski definition) is 2. The first-order chi connectivity index (χ1) is 14.0. The van der Waals surface area contributed by atoms with E-state index in [4.69, 9.17) is 10.7 Å². The van der Waals surface area contributed by atoms with Crippen molar-refractivity contribution in [2.45, 2.75) is 32.0 Å². The number of nitrogens with two attached hydrogens (primary N) is 1. The molecule has 1 aromatic carbocycles. The zero-order valence-corrected chi connectivity index (χ0v) is 16.5. The van der Waals surface area contributed by atoms with Gasteiger partial charge in [-0.25, -0.2) is 4.79 Å². The van der Waals surface area contributed by atoms with E-state index in [1.54, 1.807) is 0 Å². The molecule has 0 unspecified atom stereocenters. The fourth-order valence-corrected chi connectivity index (χ4v) is 4.00. The summed E-state index contributed by atoms with van der Waals surface area (Å²) in [4.78, 5) is 32.5. The molecule has 0 amide bonds. The van der Waals surface area contributed by atoms with Crippen LogP contribution in [0.2, 0.25) is 0 Å². The Balaban J connectivity index is 1.98. The zero-order valence-electron chi connectivity index (χ0n) is 16.5. The molecule has 1 aliphatic heterocycles. The lowest BCUT2D eigenvalue weighted by atomic mass is 10.1. The predicted molar refractivity (Wildman–Crippen MR) is 111 cm³/mol. The minimum Gasteiger partial charge on any atom is -0.395 e. The maximum absolute atomic E-state index is 13.1. The average Bonchev–Trinajstić information content (AvgIpc) is 3.09. The fraction of sp³-hybridized carbons (Fsp3) is 0.450. The van der Waals surface area contributed by atoms with Crippen LogP contribution in [-0.2, 0) is 20.1 Å². The molecule has 0 aliphatic carbocycles. The van der Waals surface area contributed by atoms with E-state index in [9.17, 15) is 14.7 Å². The van der Waals surface area contributed by atoms with Crippen LogP contribution in [0.3, 0.4) is 0 Å². The summed E-state index contributed by atoms with van der Waals surface area (Å²) in [5.41, 5.74) is 6.99. The third-order valence-corrected chi connectivity index (χ3v) is 5.46. The first-order valence-electron chi connectivity index (χ1n) is 9.86. The van der Waals surface area contributed by atoms with Crippen molar-refractivity contribution in [3.63, 3.8) is 0 Å².